The molecular weight excluding hydrogens is 835 g/mol. The summed E-state index contributed by atoms with van der Waals surface area (Å²) in [6.07, 6.45) is -7.28. The van der Waals surface area contributed by atoms with Crippen LogP contribution in [0, 0.1) is 23.3 Å². The highest BCUT2D eigenvalue weighted by molar-refractivity contribution is 5.89. The van der Waals surface area contributed by atoms with E-state index in [1.165, 1.54) is 11.1 Å². The Kier molecular flexibility index (Phi) is 12.8. The highest BCUT2D eigenvalue weighted by Gasteiger charge is 2.35. The number of ether oxygens (including phenoxy) is 2. The van der Waals surface area contributed by atoms with Crippen molar-refractivity contribution in [3.8, 4) is 56.0 Å². The van der Waals surface area contributed by atoms with Crippen molar-refractivity contribution in [2.45, 2.75) is 45.8 Å². The lowest BCUT2D eigenvalue weighted by molar-refractivity contribution is -0.277. The van der Waals surface area contributed by atoms with E-state index in [2.05, 4.69) is 77.9 Å². The molecule has 0 aliphatic rings. The second-order valence-corrected chi connectivity index (χ2v) is 14.7. The van der Waals surface area contributed by atoms with Crippen LogP contribution in [0.1, 0.15) is 31.4 Å². The molecule has 0 bridgehead atoms. The average molecular weight is 871 g/mol. The molecule has 12 heteroatoms. The van der Waals surface area contributed by atoms with E-state index in [0.717, 1.165) is 87.3 Å². The minimum atomic E-state index is -5.18. The molecular formula is C51H36F10O2. The highest BCUT2D eigenvalue weighted by atomic mass is 19.4. The van der Waals surface area contributed by atoms with Gasteiger partial charge in [-0.1, -0.05) is 129 Å². The molecule has 0 unspecified atom stereocenters. The van der Waals surface area contributed by atoms with Gasteiger partial charge in [0.25, 0.3) is 0 Å². The Labute approximate surface area is 356 Å². The molecule has 0 amide bonds. The SMILES string of the molecule is CCCc1ccc2cc(-c3ccc(-c4cc(F)c(OC(F)(F)F)c(F)c4)cc3)ccc2c1.CCc1ccc2cc(-c3ccc(-c4cc(F)c(OC(F)(F)F)c(F)c4)cc3)ccc2c1. The number of fused-ring (bicyclic) bond motifs is 2. The Hall–Kier alpha value is -6.82. The highest BCUT2D eigenvalue weighted by Crippen LogP contribution is 2.36. The van der Waals surface area contributed by atoms with Crippen LogP contribution in [0.2, 0.25) is 0 Å². The molecule has 0 aromatic heterocycles. The zero-order valence-electron chi connectivity index (χ0n) is 33.6. The van der Waals surface area contributed by atoms with E-state index in [9.17, 15) is 43.9 Å². The molecule has 2 nitrogen and oxygen atoms in total. The monoisotopic (exact) mass is 870 g/mol. The Morgan fingerprint density at radius 3 is 1.00 bits per heavy atom. The van der Waals surface area contributed by atoms with Gasteiger partial charge in [-0.05, 0) is 126 Å². The summed E-state index contributed by atoms with van der Waals surface area (Å²) in [7, 11) is 0. The fraction of sp³-hybridized carbons (Fsp3) is 0.137. The van der Waals surface area contributed by atoms with Gasteiger partial charge in [0, 0.05) is 0 Å². The summed E-state index contributed by atoms with van der Waals surface area (Å²) in [6, 6.07) is 42.1. The largest absolute Gasteiger partial charge is 0.573 e. The number of halogens is 10. The van der Waals surface area contributed by atoms with Gasteiger partial charge in [-0.2, -0.15) is 0 Å². The van der Waals surface area contributed by atoms with Crippen molar-refractivity contribution in [3.05, 3.63) is 180 Å². The van der Waals surface area contributed by atoms with Gasteiger partial charge in [0.1, 0.15) is 0 Å². The van der Waals surface area contributed by atoms with Crippen molar-refractivity contribution >= 4 is 21.5 Å². The third-order valence-electron chi connectivity index (χ3n) is 10.3. The van der Waals surface area contributed by atoms with Crippen molar-refractivity contribution in [3.63, 3.8) is 0 Å². The summed E-state index contributed by atoms with van der Waals surface area (Å²) >= 11 is 0. The zero-order chi connectivity index (χ0) is 45.1. The van der Waals surface area contributed by atoms with Crippen LogP contribution >= 0.6 is 0 Å². The van der Waals surface area contributed by atoms with Gasteiger partial charge < -0.3 is 9.47 Å². The first-order valence-electron chi connectivity index (χ1n) is 19.7. The van der Waals surface area contributed by atoms with Crippen LogP contribution in [-0.4, -0.2) is 12.7 Å². The maximum absolute atomic E-state index is 14.0. The lowest BCUT2D eigenvalue weighted by atomic mass is 9.97. The van der Waals surface area contributed by atoms with Crippen LogP contribution in [0.25, 0.3) is 66.1 Å². The van der Waals surface area contributed by atoms with Gasteiger partial charge in [0.15, 0.2) is 23.3 Å². The molecule has 0 saturated carbocycles. The van der Waals surface area contributed by atoms with E-state index in [-0.39, 0.29) is 11.1 Å². The second-order valence-electron chi connectivity index (χ2n) is 14.7. The van der Waals surface area contributed by atoms with Crippen LogP contribution in [0.15, 0.2) is 146 Å². The van der Waals surface area contributed by atoms with Crippen molar-refractivity contribution in [1.82, 2.24) is 0 Å². The normalized spacial score (nSPS) is 11.7. The molecule has 8 aromatic rings. The van der Waals surface area contributed by atoms with Crippen LogP contribution in [0.3, 0.4) is 0 Å². The Morgan fingerprint density at radius 1 is 0.349 bits per heavy atom. The topological polar surface area (TPSA) is 18.5 Å². The van der Waals surface area contributed by atoms with Gasteiger partial charge in [-0.15, -0.1) is 26.3 Å². The molecule has 0 N–H and O–H groups in total. The van der Waals surface area contributed by atoms with Crippen LogP contribution in [-0.2, 0) is 12.8 Å². The third-order valence-corrected chi connectivity index (χ3v) is 10.3. The predicted octanol–water partition coefficient (Wildman–Crippen LogP) is 16.2. The average Bonchev–Trinajstić information content (AvgIpc) is 3.25. The summed E-state index contributed by atoms with van der Waals surface area (Å²) in [4.78, 5) is 0. The summed E-state index contributed by atoms with van der Waals surface area (Å²) in [5.41, 5.74) is 7.50. The van der Waals surface area contributed by atoms with Crippen molar-refractivity contribution in [2.75, 3.05) is 0 Å². The lowest BCUT2D eigenvalue weighted by Crippen LogP contribution is -2.19. The molecule has 0 heterocycles. The van der Waals surface area contributed by atoms with Gasteiger partial charge in [0.2, 0.25) is 11.5 Å². The first kappa shape index (κ1) is 44.2. The summed E-state index contributed by atoms with van der Waals surface area (Å²) in [5.74, 6) is -8.60. The van der Waals surface area contributed by atoms with E-state index in [0.29, 0.717) is 11.1 Å². The van der Waals surface area contributed by atoms with Crippen LogP contribution in [0.4, 0.5) is 43.9 Å². The molecule has 0 atom stereocenters. The van der Waals surface area contributed by atoms with E-state index in [4.69, 9.17) is 0 Å². The van der Waals surface area contributed by atoms with Gasteiger partial charge in [0.05, 0.1) is 0 Å². The number of hydrogen-bond acceptors (Lipinski definition) is 2. The number of hydrogen-bond donors (Lipinski definition) is 0. The molecule has 0 aliphatic carbocycles. The molecule has 0 fully saturated rings. The molecule has 0 radical (unpaired) electrons. The van der Waals surface area contributed by atoms with E-state index in [1.54, 1.807) is 48.5 Å². The lowest BCUT2D eigenvalue weighted by Gasteiger charge is -2.12. The first-order chi connectivity index (χ1) is 30.0. The second kappa shape index (κ2) is 18.3. The Bertz CT molecular complexity index is 2860. The van der Waals surface area contributed by atoms with E-state index >= 15 is 0 Å². The first-order valence-corrected chi connectivity index (χ1v) is 19.7. The molecule has 0 saturated heterocycles. The fourth-order valence-corrected chi connectivity index (χ4v) is 7.20. The molecule has 0 spiro atoms. The van der Waals surface area contributed by atoms with E-state index in [1.807, 2.05) is 18.2 Å². The fourth-order valence-electron chi connectivity index (χ4n) is 7.20. The Morgan fingerprint density at radius 2 is 0.651 bits per heavy atom. The predicted molar refractivity (Wildman–Crippen MR) is 226 cm³/mol. The van der Waals surface area contributed by atoms with Crippen LogP contribution in [0.5, 0.6) is 11.5 Å². The van der Waals surface area contributed by atoms with Crippen LogP contribution < -0.4 is 9.47 Å². The molecule has 322 valence electrons. The summed E-state index contributed by atoms with van der Waals surface area (Å²) in [6.45, 7) is 4.25. The summed E-state index contributed by atoms with van der Waals surface area (Å²) < 4.78 is 137. The number of benzene rings is 8. The third kappa shape index (κ3) is 10.8. The zero-order valence-corrected chi connectivity index (χ0v) is 33.6. The maximum atomic E-state index is 14.0. The number of rotatable bonds is 9. The Balaban J connectivity index is 0.000000189. The van der Waals surface area contributed by atoms with Crippen molar-refractivity contribution < 1.29 is 53.4 Å². The van der Waals surface area contributed by atoms with Gasteiger partial charge in [-0.25, -0.2) is 17.6 Å². The van der Waals surface area contributed by atoms with Gasteiger partial charge >= 0.3 is 12.7 Å². The summed E-state index contributed by atoms with van der Waals surface area (Å²) in [5, 5.41) is 4.51. The molecule has 8 rings (SSSR count). The number of aryl methyl sites for hydroxylation is 2. The smallest absolute Gasteiger partial charge is 0.399 e. The standard InChI is InChI=1S/C26H19F5O.C25H17F5O/c1-2-3-16-4-5-21-13-20(11-10-19(21)12-16)17-6-8-18(9-7-17)22-14-23(27)25(24(28)15-22)32-26(29,30)31;1-2-15-3-4-20-12-19(10-9-18(20)11-15)16-5-7-17(8-6-16)21-13-22(26)24(23(27)14-21)31-25(28,29)30/h4-15H,2-3H2,1H3;3-14H,2H2,1H3. The van der Waals surface area contributed by atoms with Gasteiger partial charge in [-0.3, -0.25) is 0 Å². The molecule has 0 aliphatic heterocycles. The molecule has 63 heavy (non-hydrogen) atoms. The quantitative estimate of drug-likeness (QED) is 0.135. The minimum Gasteiger partial charge on any atom is -0.399 e. The van der Waals surface area contributed by atoms with E-state index < -0.39 is 47.5 Å². The molecule has 8 aromatic carbocycles. The maximum Gasteiger partial charge on any atom is 0.573 e. The van der Waals surface area contributed by atoms with Crippen molar-refractivity contribution in [1.29, 1.82) is 0 Å². The minimum absolute atomic E-state index is 0.113. The number of alkyl halides is 6. The van der Waals surface area contributed by atoms with Crippen molar-refractivity contribution in [2.24, 2.45) is 0 Å².